The maximum Gasteiger partial charge on any atom is 0.255 e. The molecule has 0 saturated carbocycles. The monoisotopic (exact) mass is 379 g/mol. The van der Waals surface area contributed by atoms with Crippen molar-refractivity contribution in [3.63, 3.8) is 0 Å². The second-order valence-electron chi connectivity index (χ2n) is 7.32. The van der Waals surface area contributed by atoms with E-state index < -0.39 is 0 Å². The number of anilines is 1. The van der Waals surface area contributed by atoms with Gasteiger partial charge in [0.2, 0.25) is 0 Å². The molecule has 0 bridgehead atoms. The number of likely N-dealkylation sites (tertiary alicyclic amines) is 1. The molecule has 7 nitrogen and oxygen atoms in total. The molecule has 3 aromatic rings. The van der Waals surface area contributed by atoms with E-state index in [4.69, 9.17) is 4.42 Å². The molecule has 4 heterocycles. The molecule has 1 fully saturated rings. The maximum absolute atomic E-state index is 12.9. The van der Waals surface area contributed by atoms with Crippen LogP contribution in [0.15, 0.2) is 53.6 Å². The van der Waals surface area contributed by atoms with Gasteiger partial charge in [0.1, 0.15) is 17.3 Å². The minimum atomic E-state index is 0.0519. The highest BCUT2D eigenvalue weighted by Crippen LogP contribution is 2.20. The second-order valence-corrected chi connectivity index (χ2v) is 7.32. The Hall–Kier alpha value is -3.09. The summed E-state index contributed by atoms with van der Waals surface area (Å²) >= 11 is 0. The van der Waals surface area contributed by atoms with Crippen molar-refractivity contribution in [2.45, 2.75) is 32.9 Å². The van der Waals surface area contributed by atoms with Crippen LogP contribution in [0, 0.1) is 12.8 Å². The zero-order valence-corrected chi connectivity index (χ0v) is 16.0. The van der Waals surface area contributed by atoms with Crippen LogP contribution in [0.1, 0.15) is 34.7 Å². The second kappa shape index (κ2) is 8.29. The summed E-state index contributed by atoms with van der Waals surface area (Å²) in [6, 6.07) is 7.56. The summed E-state index contributed by atoms with van der Waals surface area (Å²) in [7, 11) is 0. The number of hydrogen-bond acceptors (Lipinski definition) is 5. The molecule has 0 spiro atoms. The van der Waals surface area contributed by atoms with E-state index in [1.54, 1.807) is 12.4 Å². The van der Waals surface area contributed by atoms with E-state index in [1.807, 2.05) is 48.6 Å². The zero-order chi connectivity index (χ0) is 19.3. The molecule has 1 N–H and O–H groups in total. The first-order valence-corrected chi connectivity index (χ1v) is 9.67. The molecule has 0 radical (unpaired) electrons. The van der Waals surface area contributed by atoms with Crippen molar-refractivity contribution >= 4 is 11.7 Å². The number of imidazole rings is 1. The first-order chi connectivity index (χ1) is 13.7. The van der Waals surface area contributed by atoms with E-state index in [1.165, 1.54) is 0 Å². The summed E-state index contributed by atoms with van der Waals surface area (Å²) in [6.07, 6.45) is 9.41. The normalized spacial score (nSPS) is 16.9. The van der Waals surface area contributed by atoms with Crippen molar-refractivity contribution < 1.29 is 9.21 Å². The van der Waals surface area contributed by atoms with Gasteiger partial charge >= 0.3 is 0 Å². The maximum atomic E-state index is 12.9. The molecular formula is C21H25N5O2. The third kappa shape index (κ3) is 4.42. The number of aryl methyl sites for hydroxylation is 1. The van der Waals surface area contributed by atoms with Crippen LogP contribution in [0.25, 0.3) is 0 Å². The van der Waals surface area contributed by atoms with Crippen molar-refractivity contribution in [1.29, 1.82) is 0 Å². The Balaban J connectivity index is 1.33. The number of aromatic nitrogens is 3. The number of rotatable bonds is 6. The standard InChI is InChI=1S/C21H25N5O2/c1-16-4-6-19(28-16)12-24-20-7-5-18(11-23-20)21(27)26-9-2-3-17(14-26)13-25-10-8-22-15-25/h4-8,10-11,15,17H,2-3,9,12-14H2,1H3,(H,23,24)/t17-/m0/s1. The van der Waals surface area contributed by atoms with E-state index in [2.05, 4.69) is 19.9 Å². The van der Waals surface area contributed by atoms with Crippen LogP contribution in [0.3, 0.4) is 0 Å². The SMILES string of the molecule is Cc1ccc(CNc2ccc(C(=O)N3CCC[C@@H](Cn4ccnc4)C3)cn2)o1. The highest BCUT2D eigenvalue weighted by molar-refractivity contribution is 5.94. The average Bonchev–Trinajstić information content (AvgIpc) is 3.38. The van der Waals surface area contributed by atoms with E-state index in [9.17, 15) is 4.79 Å². The lowest BCUT2D eigenvalue weighted by molar-refractivity contribution is 0.0662. The van der Waals surface area contributed by atoms with Crippen LogP contribution in [0.5, 0.6) is 0 Å². The fourth-order valence-corrected chi connectivity index (χ4v) is 3.66. The number of carbonyl (C=O) groups is 1. The molecule has 146 valence electrons. The Morgan fingerprint density at radius 3 is 2.96 bits per heavy atom. The molecule has 4 rings (SSSR count). The number of amides is 1. The number of nitrogens with zero attached hydrogens (tertiary/aromatic N) is 4. The highest BCUT2D eigenvalue weighted by Gasteiger charge is 2.24. The van der Waals surface area contributed by atoms with E-state index in [-0.39, 0.29) is 5.91 Å². The molecular weight excluding hydrogens is 354 g/mol. The van der Waals surface area contributed by atoms with Gasteiger partial charge in [-0.2, -0.15) is 0 Å². The van der Waals surface area contributed by atoms with Gasteiger partial charge in [-0.1, -0.05) is 0 Å². The summed E-state index contributed by atoms with van der Waals surface area (Å²) in [4.78, 5) is 23.3. The fourth-order valence-electron chi connectivity index (χ4n) is 3.66. The summed E-state index contributed by atoms with van der Waals surface area (Å²) in [5.41, 5.74) is 0.627. The van der Waals surface area contributed by atoms with Crippen LogP contribution in [0.4, 0.5) is 5.82 Å². The van der Waals surface area contributed by atoms with Gasteiger partial charge in [0.05, 0.1) is 18.4 Å². The van der Waals surface area contributed by atoms with Gasteiger partial charge in [0, 0.05) is 38.2 Å². The third-order valence-electron chi connectivity index (χ3n) is 5.08. The molecule has 0 aliphatic carbocycles. The molecule has 3 aromatic heterocycles. The number of nitrogens with one attached hydrogen (secondary N) is 1. The van der Waals surface area contributed by atoms with Gasteiger partial charge in [0.15, 0.2) is 0 Å². The molecule has 0 aromatic carbocycles. The Labute approximate surface area is 164 Å². The largest absolute Gasteiger partial charge is 0.465 e. The van der Waals surface area contributed by atoms with Crippen LogP contribution < -0.4 is 5.32 Å². The molecule has 28 heavy (non-hydrogen) atoms. The number of hydrogen-bond donors (Lipinski definition) is 1. The Morgan fingerprint density at radius 2 is 2.25 bits per heavy atom. The highest BCUT2D eigenvalue weighted by atomic mass is 16.3. The third-order valence-corrected chi connectivity index (χ3v) is 5.08. The first-order valence-electron chi connectivity index (χ1n) is 9.67. The molecule has 1 atom stereocenters. The first kappa shape index (κ1) is 18.3. The molecule has 0 unspecified atom stereocenters. The van der Waals surface area contributed by atoms with Crippen molar-refractivity contribution in [2.24, 2.45) is 5.92 Å². The number of carbonyl (C=O) groups excluding carboxylic acids is 1. The lowest BCUT2D eigenvalue weighted by Gasteiger charge is -2.33. The average molecular weight is 379 g/mol. The molecule has 1 amide bonds. The Kier molecular flexibility index (Phi) is 5.41. The Morgan fingerprint density at radius 1 is 1.32 bits per heavy atom. The quantitative estimate of drug-likeness (QED) is 0.711. The topological polar surface area (TPSA) is 76.2 Å². The lowest BCUT2D eigenvalue weighted by atomic mass is 9.97. The van der Waals surface area contributed by atoms with Crippen molar-refractivity contribution in [3.05, 3.63) is 66.3 Å². The van der Waals surface area contributed by atoms with Gasteiger partial charge in [-0.05, 0) is 49.9 Å². The summed E-state index contributed by atoms with van der Waals surface area (Å²) < 4.78 is 7.62. The fraction of sp³-hybridized carbons (Fsp3) is 0.381. The summed E-state index contributed by atoms with van der Waals surface area (Å²) in [6.45, 7) is 4.96. The minimum Gasteiger partial charge on any atom is -0.465 e. The number of pyridine rings is 1. The molecule has 7 heteroatoms. The van der Waals surface area contributed by atoms with Gasteiger partial charge in [-0.15, -0.1) is 0 Å². The smallest absolute Gasteiger partial charge is 0.255 e. The van der Waals surface area contributed by atoms with Gasteiger partial charge in [-0.25, -0.2) is 9.97 Å². The van der Waals surface area contributed by atoms with E-state index in [0.29, 0.717) is 18.0 Å². The number of furan rings is 1. The molecule has 1 saturated heterocycles. The summed E-state index contributed by atoms with van der Waals surface area (Å²) in [5, 5.41) is 3.21. The lowest BCUT2D eigenvalue weighted by Crippen LogP contribution is -2.41. The predicted molar refractivity (Wildman–Crippen MR) is 106 cm³/mol. The van der Waals surface area contributed by atoms with Crippen molar-refractivity contribution in [3.8, 4) is 0 Å². The number of piperidine rings is 1. The van der Waals surface area contributed by atoms with Gasteiger partial charge in [0.25, 0.3) is 5.91 Å². The van der Waals surface area contributed by atoms with Gasteiger partial charge in [-0.3, -0.25) is 4.79 Å². The van der Waals surface area contributed by atoms with Crippen LogP contribution in [0.2, 0.25) is 0 Å². The zero-order valence-electron chi connectivity index (χ0n) is 16.0. The Bertz CT molecular complexity index is 901. The summed E-state index contributed by atoms with van der Waals surface area (Å²) in [5.74, 6) is 2.98. The molecule has 1 aliphatic heterocycles. The molecule has 1 aliphatic rings. The van der Waals surface area contributed by atoms with Crippen LogP contribution >= 0.6 is 0 Å². The van der Waals surface area contributed by atoms with E-state index >= 15 is 0 Å². The van der Waals surface area contributed by atoms with Crippen molar-refractivity contribution in [1.82, 2.24) is 19.4 Å². The van der Waals surface area contributed by atoms with E-state index in [0.717, 1.165) is 49.8 Å². The predicted octanol–water partition coefficient (Wildman–Crippen LogP) is 3.34. The van der Waals surface area contributed by atoms with Crippen molar-refractivity contribution in [2.75, 3.05) is 18.4 Å². The van der Waals surface area contributed by atoms with Gasteiger partial charge < -0.3 is 19.2 Å². The minimum absolute atomic E-state index is 0.0519. The van der Waals surface area contributed by atoms with Crippen LogP contribution in [-0.4, -0.2) is 38.4 Å². The van der Waals surface area contributed by atoms with Crippen LogP contribution in [-0.2, 0) is 13.1 Å².